The van der Waals surface area contributed by atoms with Gasteiger partial charge in [0, 0.05) is 42.9 Å². The number of nitrogens with zero attached hydrogens (tertiary/aromatic N) is 4. The second-order valence-electron chi connectivity index (χ2n) is 8.75. The third-order valence-corrected chi connectivity index (χ3v) is 8.37. The van der Waals surface area contributed by atoms with E-state index in [4.69, 9.17) is 0 Å². The second kappa shape index (κ2) is 12.5. The van der Waals surface area contributed by atoms with Crippen molar-refractivity contribution in [1.29, 1.82) is 0 Å². The van der Waals surface area contributed by atoms with E-state index in [1.54, 1.807) is 17.5 Å². The molecule has 9 heteroatoms. The van der Waals surface area contributed by atoms with Gasteiger partial charge in [0.25, 0.3) is 11.8 Å². The van der Waals surface area contributed by atoms with Crippen molar-refractivity contribution in [3.63, 3.8) is 0 Å². The number of likely N-dealkylation sites (tertiary alicyclic amines) is 2. The lowest BCUT2D eigenvalue weighted by atomic mass is 9.97. The normalized spacial score (nSPS) is 17.1. The van der Waals surface area contributed by atoms with E-state index in [0.29, 0.717) is 30.9 Å². The summed E-state index contributed by atoms with van der Waals surface area (Å²) in [6.07, 6.45) is 8.80. The molecule has 2 saturated heterocycles. The number of pyridine rings is 1. The number of piperidine rings is 1. The molecule has 0 aliphatic carbocycles. The van der Waals surface area contributed by atoms with Crippen molar-refractivity contribution in [1.82, 2.24) is 25.1 Å². The summed E-state index contributed by atoms with van der Waals surface area (Å²) in [5.41, 5.74) is 1.17. The highest BCUT2D eigenvalue weighted by atomic mass is 32.2. The van der Waals surface area contributed by atoms with Crippen molar-refractivity contribution >= 4 is 34.9 Å². The van der Waals surface area contributed by atoms with Gasteiger partial charge in [-0.15, -0.1) is 29.7 Å². The Hall–Kier alpha value is -2.23. The SMILES string of the molecule is C=CCSc1ncccc1C(=O)N1CCC(c2nc(C(=O)NCCCN3CCCC3)cs2)CC1. The predicted molar refractivity (Wildman–Crippen MR) is 138 cm³/mol. The zero-order valence-corrected chi connectivity index (χ0v) is 21.2. The molecule has 1 N–H and O–H groups in total. The van der Waals surface area contributed by atoms with Crippen molar-refractivity contribution in [3.05, 3.63) is 52.6 Å². The van der Waals surface area contributed by atoms with Crippen LogP contribution < -0.4 is 5.32 Å². The van der Waals surface area contributed by atoms with Crippen LogP contribution in [0.4, 0.5) is 0 Å². The molecule has 0 spiro atoms. The van der Waals surface area contributed by atoms with E-state index < -0.39 is 0 Å². The average molecular weight is 500 g/mol. The quantitative estimate of drug-likeness (QED) is 0.302. The van der Waals surface area contributed by atoms with Crippen molar-refractivity contribution in [3.8, 4) is 0 Å². The minimum absolute atomic E-state index is 0.0336. The predicted octanol–water partition coefficient (Wildman–Crippen LogP) is 4.05. The van der Waals surface area contributed by atoms with Crippen LogP contribution in [0.15, 0.2) is 41.4 Å². The highest BCUT2D eigenvalue weighted by Gasteiger charge is 2.28. The Labute approximate surface area is 210 Å². The standard InChI is InChI=1S/C25H33N5O2S2/c1-2-17-33-24-20(7-5-10-27-24)25(32)30-15-8-19(9-16-30)23-28-21(18-34-23)22(31)26-11-6-14-29-12-3-4-13-29/h2,5,7,10,18-19H,1,3-4,6,8-9,11-17H2,(H,26,31). The fourth-order valence-electron chi connectivity index (χ4n) is 4.49. The summed E-state index contributed by atoms with van der Waals surface area (Å²) in [6.45, 7) is 9.22. The Kier molecular flexibility index (Phi) is 9.12. The molecule has 0 atom stereocenters. The van der Waals surface area contributed by atoms with Gasteiger partial charge in [0.1, 0.15) is 10.7 Å². The van der Waals surface area contributed by atoms with Crippen LogP contribution in [0.25, 0.3) is 0 Å². The Bertz CT molecular complexity index is 981. The first-order chi connectivity index (χ1) is 16.7. The average Bonchev–Trinajstić information content (AvgIpc) is 3.58. The number of nitrogens with one attached hydrogen (secondary N) is 1. The van der Waals surface area contributed by atoms with Crippen LogP contribution in [-0.2, 0) is 0 Å². The summed E-state index contributed by atoms with van der Waals surface area (Å²) >= 11 is 3.09. The molecule has 0 bridgehead atoms. The fourth-order valence-corrected chi connectivity index (χ4v) is 6.18. The van der Waals surface area contributed by atoms with E-state index in [1.807, 2.05) is 28.5 Å². The summed E-state index contributed by atoms with van der Waals surface area (Å²) in [6, 6.07) is 3.66. The van der Waals surface area contributed by atoms with Crippen molar-refractivity contribution < 1.29 is 9.59 Å². The first-order valence-corrected chi connectivity index (χ1v) is 14.0. The molecule has 0 aromatic carbocycles. The van der Waals surface area contributed by atoms with Gasteiger partial charge in [-0.05, 0) is 63.9 Å². The van der Waals surface area contributed by atoms with Gasteiger partial charge in [-0.1, -0.05) is 6.08 Å². The van der Waals surface area contributed by atoms with Crippen LogP contribution >= 0.6 is 23.1 Å². The lowest BCUT2D eigenvalue weighted by molar-refractivity contribution is 0.0708. The van der Waals surface area contributed by atoms with Crippen LogP contribution in [0.2, 0.25) is 0 Å². The molecule has 0 unspecified atom stereocenters. The number of amides is 2. The van der Waals surface area contributed by atoms with Crippen LogP contribution in [0.1, 0.15) is 63.9 Å². The lowest BCUT2D eigenvalue weighted by Gasteiger charge is -2.31. The third kappa shape index (κ3) is 6.46. The first-order valence-electron chi connectivity index (χ1n) is 12.1. The molecule has 4 rings (SSSR count). The fraction of sp³-hybridized carbons (Fsp3) is 0.520. The second-order valence-corrected chi connectivity index (χ2v) is 10.6. The van der Waals surface area contributed by atoms with Gasteiger partial charge in [0.15, 0.2) is 0 Å². The molecular weight excluding hydrogens is 466 g/mol. The van der Waals surface area contributed by atoms with Crippen molar-refractivity contribution in [2.45, 2.75) is 43.0 Å². The van der Waals surface area contributed by atoms with Crippen LogP contribution in [0.3, 0.4) is 0 Å². The largest absolute Gasteiger partial charge is 0.351 e. The number of aromatic nitrogens is 2. The van der Waals surface area contributed by atoms with Crippen LogP contribution in [-0.4, -0.2) is 76.6 Å². The molecule has 2 amide bonds. The minimum Gasteiger partial charge on any atom is -0.351 e. The van der Waals surface area contributed by atoms with Gasteiger partial charge in [-0.3, -0.25) is 9.59 Å². The number of rotatable bonds is 10. The van der Waals surface area contributed by atoms with E-state index in [0.717, 1.165) is 41.6 Å². The van der Waals surface area contributed by atoms with Gasteiger partial charge in [-0.25, -0.2) is 9.97 Å². The van der Waals surface area contributed by atoms with E-state index in [-0.39, 0.29) is 17.7 Å². The number of carbonyl (C=O) groups excluding carboxylic acids is 2. The summed E-state index contributed by atoms with van der Waals surface area (Å²) in [4.78, 5) is 39.0. The van der Waals surface area contributed by atoms with Gasteiger partial charge in [-0.2, -0.15) is 0 Å². The molecule has 2 aliphatic heterocycles. The Morgan fingerprint density at radius 1 is 1.24 bits per heavy atom. The number of carbonyl (C=O) groups is 2. The zero-order chi connectivity index (χ0) is 23.8. The van der Waals surface area contributed by atoms with Crippen molar-refractivity contribution in [2.24, 2.45) is 0 Å². The third-order valence-electron chi connectivity index (χ3n) is 6.36. The van der Waals surface area contributed by atoms with E-state index >= 15 is 0 Å². The number of hydrogen-bond acceptors (Lipinski definition) is 7. The Morgan fingerprint density at radius 2 is 2.03 bits per heavy atom. The maximum Gasteiger partial charge on any atom is 0.270 e. The molecule has 182 valence electrons. The zero-order valence-electron chi connectivity index (χ0n) is 19.6. The number of thioether (sulfide) groups is 1. The summed E-state index contributed by atoms with van der Waals surface area (Å²) in [7, 11) is 0. The smallest absolute Gasteiger partial charge is 0.270 e. The Morgan fingerprint density at radius 3 is 2.79 bits per heavy atom. The maximum atomic E-state index is 13.1. The molecule has 2 fully saturated rings. The number of thiazole rings is 1. The molecular formula is C25H33N5O2S2. The molecule has 0 radical (unpaired) electrons. The van der Waals surface area contributed by atoms with E-state index in [1.165, 1.54) is 37.7 Å². The maximum absolute atomic E-state index is 13.1. The van der Waals surface area contributed by atoms with Gasteiger partial charge in [0.2, 0.25) is 0 Å². The highest BCUT2D eigenvalue weighted by Crippen LogP contribution is 2.31. The Balaban J connectivity index is 1.25. The summed E-state index contributed by atoms with van der Waals surface area (Å²) < 4.78 is 0. The van der Waals surface area contributed by atoms with E-state index in [9.17, 15) is 9.59 Å². The van der Waals surface area contributed by atoms with Crippen LogP contribution in [0, 0.1) is 0 Å². The van der Waals surface area contributed by atoms with Gasteiger partial charge < -0.3 is 15.1 Å². The topological polar surface area (TPSA) is 78.4 Å². The molecule has 2 aromatic rings. The molecule has 4 heterocycles. The lowest BCUT2D eigenvalue weighted by Crippen LogP contribution is -2.38. The van der Waals surface area contributed by atoms with Crippen molar-refractivity contribution in [2.75, 3.05) is 45.0 Å². The molecule has 34 heavy (non-hydrogen) atoms. The monoisotopic (exact) mass is 499 g/mol. The molecule has 0 saturated carbocycles. The number of hydrogen-bond donors (Lipinski definition) is 1. The summed E-state index contributed by atoms with van der Waals surface area (Å²) in [5.74, 6) is 0.954. The molecule has 2 aromatic heterocycles. The minimum atomic E-state index is -0.0855. The van der Waals surface area contributed by atoms with E-state index in [2.05, 4.69) is 26.8 Å². The summed E-state index contributed by atoms with van der Waals surface area (Å²) in [5, 5.41) is 6.63. The van der Waals surface area contributed by atoms with Gasteiger partial charge >= 0.3 is 0 Å². The molecule has 7 nitrogen and oxygen atoms in total. The molecule has 2 aliphatic rings. The highest BCUT2D eigenvalue weighted by molar-refractivity contribution is 7.99. The van der Waals surface area contributed by atoms with Crippen LogP contribution in [0.5, 0.6) is 0 Å². The first kappa shape index (κ1) is 24.9. The van der Waals surface area contributed by atoms with Gasteiger partial charge in [0.05, 0.1) is 10.6 Å².